The molecule has 0 fully saturated rings. The molecule has 0 radical (unpaired) electrons. The molecular formula is C21H28N2O2. The quantitative estimate of drug-likeness (QED) is 0.757. The van der Waals surface area contributed by atoms with Gasteiger partial charge in [0.1, 0.15) is 5.75 Å². The number of carbonyl (C=O) groups excluding carboxylic acids is 1. The van der Waals surface area contributed by atoms with E-state index in [0.29, 0.717) is 0 Å². The first-order valence-electron chi connectivity index (χ1n) is 8.75. The van der Waals surface area contributed by atoms with Crippen molar-refractivity contribution >= 4 is 6.03 Å². The van der Waals surface area contributed by atoms with Gasteiger partial charge >= 0.3 is 6.03 Å². The van der Waals surface area contributed by atoms with Crippen molar-refractivity contribution in [3.63, 3.8) is 0 Å². The summed E-state index contributed by atoms with van der Waals surface area (Å²) >= 11 is 0. The number of benzene rings is 2. The fourth-order valence-corrected chi connectivity index (χ4v) is 2.69. The van der Waals surface area contributed by atoms with E-state index in [1.165, 1.54) is 11.1 Å². The van der Waals surface area contributed by atoms with Gasteiger partial charge in [-0.05, 0) is 61.9 Å². The van der Waals surface area contributed by atoms with E-state index in [4.69, 9.17) is 4.74 Å². The summed E-state index contributed by atoms with van der Waals surface area (Å²) < 4.78 is 5.76. The average Bonchev–Trinajstić information content (AvgIpc) is 2.61. The number of hydrogen-bond donors (Lipinski definition) is 2. The van der Waals surface area contributed by atoms with Crippen molar-refractivity contribution in [1.29, 1.82) is 0 Å². The van der Waals surface area contributed by atoms with Crippen molar-refractivity contribution in [2.75, 3.05) is 6.73 Å². The number of rotatable bonds is 6. The van der Waals surface area contributed by atoms with Crippen LogP contribution in [0.1, 0.15) is 47.7 Å². The molecule has 2 amide bonds. The van der Waals surface area contributed by atoms with E-state index in [1.807, 2.05) is 33.8 Å². The zero-order valence-electron chi connectivity index (χ0n) is 15.8. The zero-order chi connectivity index (χ0) is 18.4. The maximum absolute atomic E-state index is 12.1. The van der Waals surface area contributed by atoms with Gasteiger partial charge in [0.15, 0.2) is 6.73 Å². The van der Waals surface area contributed by atoms with Crippen LogP contribution in [-0.4, -0.2) is 12.8 Å². The Morgan fingerprint density at radius 1 is 1.04 bits per heavy atom. The molecule has 1 unspecified atom stereocenters. The standard InChI is InChI=1S/C21H28N2O2/c1-6-18-9-11-19(12-10-18)17(5)23-21(24)22-13-25-20-15(3)8-7-14(2)16(20)4/h7-12,17H,6,13H2,1-5H3,(H2,22,23,24). The molecule has 134 valence electrons. The normalized spacial score (nSPS) is 11.7. The smallest absolute Gasteiger partial charge is 0.317 e. The van der Waals surface area contributed by atoms with Gasteiger partial charge in [0.2, 0.25) is 0 Å². The van der Waals surface area contributed by atoms with Crippen LogP contribution in [0.25, 0.3) is 0 Å². The molecule has 25 heavy (non-hydrogen) atoms. The molecule has 0 saturated heterocycles. The molecule has 0 aliphatic heterocycles. The van der Waals surface area contributed by atoms with Crippen LogP contribution in [0.2, 0.25) is 0 Å². The van der Waals surface area contributed by atoms with E-state index in [2.05, 4.69) is 47.9 Å². The maximum Gasteiger partial charge on any atom is 0.317 e. The summed E-state index contributed by atoms with van der Waals surface area (Å²) in [5.41, 5.74) is 5.71. The van der Waals surface area contributed by atoms with E-state index < -0.39 is 0 Å². The maximum atomic E-state index is 12.1. The molecular weight excluding hydrogens is 312 g/mol. The fourth-order valence-electron chi connectivity index (χ4n) is 2.69. The van der Waals surface area contributed by atoms with Crippen LogP contribution in [0.5, 0.6) is 5.75 Å². The van der Waals surface area contributed by atoms with Gasteiger partial charge in [-0.25, -0.2) is 4.79 Å². The Labute approximate surface area is 150 Å². The molecule has 0 aliphatic rings. The second-order valence-corrected chi connectivity index (χ2v) is 6.41. The van der Waals surface area contributed by atoms with Crippen molar-refractivity contribution in [3.8, 4) is 5.75 Å². The summed E-state index contributed by atoms with van der Waals surface area (Å²) in [5, 5.41) is 5.69. The summed E-state index contributed by atoms with van der Waals surface area (Å²) in [7, 11) is 0. The first-order chi connectivity index (χ1) is 11.9. The summed E-state index contributed by atoms with van der Waals surface area (Å²) in [6, 6.07) is 12.1. The van der Waals surface area contributed by atoms with Gasteiger partial charge in [0, 0.05) is 0 Å². The number of carbonyl (C=O) groups is 1. The number of aryl methyl sites for hydroxylation is 3. The van der Waals surface area contributed by atoms with E-state index in [9.17, 15) is 4.79 Å². The number of nitrogens with one attached hydrogen (secondary N) is 2. The lowest BCUT2D eigenvalue weighted by Crippen LogP contribution is -2.39. The van der Waals surface area contributed by atoms with E-state index in [1.54, 1.807) is 0 Å². The summed E-state index contributed by atoms with van der Waals surface area (Å²) in [4.78, 5) is 12.1. The molecule has 0 saturated carbocycles. The average molecular weight is 340 g/mol. The topological polar surface area (TPSA) is 50.4 Å². The highest BCUT2D eigenvalue weighted by atomic mass is 16.5. The first-order valence-corrected chi connectivity index (χ1v) is 8.75. The third-order valence-corrected chi connectivity index (χ3v) is 4.56. The molecule has 2 rings (SSSR count). The molecule has 1 atom stereocenters. The van der Waals surface area contributed by atoms with Gasteiger partial charge in [-0.1, -0.05) is 43.3 Å². The van der Waals surface area contributed by atoms with Gasteiger partial charge in [-0.3, -0.25) is 0 Å². The molecule has 0 aliphatic carbocycles. The van der Waals surface area contributed by atoms with Crippen LogP contribution in [0, 0.1) is 20.8 Å². The van der Waals surface area contributed by atoms with Crippen molar-refractivity contribution in [2.24, 2.45) is 0 Å². The second-order valence-electron chi connectivity index (χ2n) is 6.41. The van der Waals surface area contributed by atoms with Crippen molar-refractivity contribution in [2.45, 2.75) is 47.1 Å². The van der Waals surface area contributed by atoms with Crippen molar-refractivity contribution in [3.05, 3.63) is 64.2 Å². The second kappa shape index (κ2) is 8.56. The third kappa shape index (κ3) is 4.99. The van der Waals surface area contributed by atoms with Crippen LogP contribution in [0.3, 0.4) is 0 Å². The van der Waals surface area contributed by atoms with Gasteiger partial charge in [-0.15, -0.1) is 0 Å². The lowest BCUT2D eigenvalue weighted by Gasteiger charge is -2.17. The minimum absolute atomic E-state index is 0.0617. The highest BCUT2D eigenvalue weighted by Gasteiger charge is 2.10. The number of amides is 2. The predicted molar refractivity (Wildman–Crippen MR) is 102 cm³/mol. The number of urea groups is 1. The van der Waals surface area contributed by atoms with Crippen LogP contribution in [0.4, 0.5) is 4.79 Å². The lowest BCUT2D eigenvalue weighted by atomic mass is 10.1. The zero-order valence-corrected chi connectivity index (χ0v) is 15.8. The molecule has 0 spiro atoms. The predicted octanol–water partition coefficient (Wildman–Crippen LogP) is 4.57. The molecule has 4 nitrogen and oxygen atoms in total. The lowest BCUT2D eigenvalue weighted by molar-refractivity contribution is 0.220. The van der Waals surface area contributed by atoms with Crippen LogP contribution >= 0.6 is 0 Å². The van der Waals surface area contributed by atoms with Crippen LogP contribution in [-0.2, 0) is 6.42 Å². The SMILES string of the molecule is CCc1ccc(C(C)NC(=O)NCOc2c(C)ccc(C)c2C)cc1. The van der Waals surface area contributed by atoms with Crippen molar-refractivity contribution in [1.82, 2.24) is 10.6 Å². The Hall–Kier alpha value is -2.49. The van der Waals surface area contributed by atoms with Crippen LogP contribution < -0.4 is 15.4 Å². The molecule has 2 aromatic carbocycles. The summed E-state index contributed by atoms with van der Waals surface area (Å²) in [6.45, 7) is 10.3. The monoisotopic (exact) mass is 340 g/mol. The molecule has 0 bridgehead atoms. The highest BCUT2D eigenvalue weighted by Crippen LogP contribution is 2.25. The number of ether oxygens (including phenoxy) is 1. The Morgan fingerprint density at radius 2 is 1.68 bits per heavy atom. The van der Waals surface area contributed by atoms with Crippen LogP contribution in [0.15, 0.2) is 36.4 Å². The van der Waals surface area contributed by atoms with Crippen molar-refractivity contribution < 1.29 is 9.53 Å². The van der Waals surface area contributed by atoms with Gasteiger partial charge < -0.3 is 15.4 Å². The van der Waals surface area contributed by atoms with Gasteiger partial charge in [-0.2, -0.15) is 0 Å². The Kier molecular flexibility index (Phi) is 6.45. The Morgan fingerprint density at radius 3 is 2.32 bits per heavy atom. The number of hydrogen-bond acceptors (Lipinski definition) is 2. The molecule has 0 heterocycles. The third-order valence-electron chi connectivity index (χ3n) is 4.56. The highest BCUT2D eigenvalue weighted by molar-refractivity contribution is 5.74. The van der Waals surface area contributed by atoms with Gasteiger partial charge in [0.25, 0.3) is 0 Å². The molecule has 2 aromatic rings. The first kappa shape index (κ1) is 18.8. The van der Waals surface area contributed by atoms with Gasteiger partial charge in [0.05, 0.1) is 6.04 Å². The minimum atomic E-state index is -0.241. The summed E-state index contributed by atoms with van der Waals surface area (Å²) in [5.74, 6) is 0.837. The molecule has 4 heteroatoms. The van der Waals surface area contributed by atoms with E-state index in [-0.39, 0.29) is 18.8 Å². The largest absolute Gasteiger partial charge is 0.473 e. The Balaban J connectivity index is 1.85. The summed E-state index contributed by atoms with van der Waals surface area (Å²) in [6.07, 6.45) is 1.01. The molecule has 0 aromatic heterocycles. The van der Waals surface area contributed by atoms with E-state index >= 15 is 0 Å². The fraction of sp³-hybridized carbons (Fsp3) is 0.381. The van der Waals surface area contributed by atoms with E-state index in [0.717, 1.165) is 28.9 Å². The molecule has 2 N–H and O–H groups in total. The Bertz CT molecular complexity index is 723. The minimum Gasteiger partial charge on any atom is -0.473 e.